The van der Waals surface area contributed by atoms with E-state index in [2.05, 4.69) is 27.4 Å². The summed E-state index contributed by atoms with van der Waals surface area (Å²) in [6.45, 7) is 0.582. The first kappa shape index (κ1) is 16.8. The van der Waals surface area contributed by atoms with Crippen molar-refractivity contribution in [2.75, 3.05) is 6.54 Å². The standard InChI is InChI=1S/C22H18N4OS/c27-21(23-11-10-16-12-24-18-9-5-4-8-17(16)18)20-14-28-22-25-19(13-26(20)22)15-6-2-1-3-7-15/h1-9,12-14,24H,10-11H2,(H,23,27). The van der Waals surface area contributed by atoms with E-state index >= 15 is 0 Å². The topological polar surface area (TPSA) is 62.2 Å². The number of H-pyrrole nitrogens is 1. The number of imidazole rings is 1. The van der Waals surface area contributed by atoms with Gasteiger partial charge in [-0.25, -0.2) is 4.98 Å². The van der Waals surface area contributed by atoms with Gasteiger partial charge in [0.1, 0.15) is 5.69 Å². The van der Waals surface area contributed by atoms with Gasteiger partial charge in [0.05, 0.1) is 5.69 Å². The Morgan fingerprint density at radius 2 is 1.93 bits per heavy atom. The molecule has 1 amide bonds. The third-order valence-electron chi connectivity index (χ3n) is 4.87. The first-order chi connectivity index (χ1) is 13.8. The van der Waals surface area contributed by atoms with Crippen LogP contribution in [0, 0.1) is 0 Å². The van der Waals surface area contributed by atoms with Crippen molar-refractivity contribution in [3.63, 3.8) is 0 Å². The minimum Gasteiger partial charge on any atom is -0.361 e. The Balaban J connectivity index is 1.31. The number of nitrogens with zero attached hydrogens (tertiary/aromatic N) is 2. The molecule has 0 fully saturated rings. The second kappa shape index (κ2) is 6.98. The van der Waals surface area contributed by atoms with Crippen LogP contribution in [0.15, 0.2) is 72.4 Å². The molecule has 28 heavy (non-hydrogen) atoms. The number of hydrogen-bond acceptors (Lipinski definition) is 3. The molecule has 0 saturated carbocycles. The highest BCUT2D eigenvalue weighted by molar-refractivity contribution is 7.15. The Kier molecular flexibility index (Phi) is 4.18. The van der Waals surface area contributed by atoms with Crippen LogP contribution in [0.25, 0.3) is 27.1 Å². The number of aromatic amines is 1. The van der Waals surface area contributed by atoms with Gasteiger partial charge in [-0.2, -0.15) is 0 Å². The molecule has 2 aromatic carbocycles. The molecule has 3 aromatic heterocycles. The average molecular weight is 386 g/mol. The summed E-state index contributed by atoms with van der Waals surface area (Å²) in [5.41, 5.74) is 4.87. The van der Waals surface area contributed by atoms with Crippen LogP contribution >= 0.6 is 11.3 Å². The van der Waals surface area contributed by atoms with E-state index in [4.69, 9.17) is 0 Å². The van der Waals surface area contributed by atoms with Crippen LogP contribution < -0.4 is 5.32 Å². The van der Waals surface area contributed by atoms with Gasteiger partial charge in [-0.05, 0) is 18.1 Å². The van der Waals surface area contributed by atoms with Crippen LogP contribution in [0.1, 0.15) is 16.1 Å². The zero-order valence-electron chi connectivity index (χ0n) is 15.1. The number of thiazole rings is 1. The number of aromatic nitrogens is 3. The molecule has 5 nitrogen and oxygen atoms in total. The summed E-state index contributed by atoms with van der Waals surface area (Å²) in [4.78, 5) is 21.4. The molecular weight excluding hydrogens is 368 g/mol. The van der Waals surface area contributed by atoms with E-state index in [-0.39, 0.29) is 5.91 Å². The van der Waals surface area contributed by atoms with Crippen LogP contribution in [-0.4, -0.2) is 26.8 Å². The van der Waals surface area contributed by atoms with Gasteiger partial charge in [0.15, 0.2) is 4.96 Å². The molecule has 0 bridgehead atoms. The van der Waals surface area contributed by atoms with Gasteiger partial charge in [0.25, 0.3) is 5.91 Å². The molecule has 0 atom stereocenters. The van der Waals surface area contributed by atoms with Crippen LogP contribution in [0.3, 0.4) is 0 Å². The minimum absolute atomic E-state index is 0.0805. The molecule has 6 heteroatoms. The fraction of sp³-hybridized carbons (Fsp3) is 0.0909. The Hall–Kier alpha value is -3.38. The number of hydrogen-bond donors (Lipinski definition) is 2. The largest absolute Gasteiger partial charge is 0.361 e. The van der Waals surface area contributed by atoms with E-state index in [1.165, 1.54) is 22.3 Å². The Morgan fingerprint density at radius 1 is 1.11 bits per heavy atom. The van der Waals surface area contributed by atoms with Gasteiger partial charge in [0.2, 0.25) is 0 Å². The lowest BCUT2D eigenvalue weighted by atomic mass is 10.1. The summed E-state index contributed by atoms with van der Waals surface area (Å²) in [7, 11) is 0. The molecule has 3 heterocycles. The molecule has 0 radical (unpaired) electrons. The number of nitrogens with one attached hydrogen (secondary N) is 2. The van der Waals surface area contributed by atoms with E-state index in [0.29, 0.717) is 12.2 Å². The number of benzene rings is 2. The second-order valence-corrected chi connectivity index (χ2v) is 7.47. The highest BCUT2D eigenvalue weighted by atomic mass is 32.1. The summed E-state index contributed by atoms with van der Waals surface area (Å²) in [6.07, 6.45) is 4.72. The SMILES string of the molecule is O=C(NCCc1c[nH]c2ccccc12)c1csc2nc(-c3ccccc3)cn12. The molecule has 0 aliphatic rings. The molecule has 5 aromatic rings. The first-order valence-electron chi connectivity index (χ1n) is 9.15. The second-order valence-electron chi connectivity index (χ2n) is 6.63. The van der Waals surface area contributed by atoms with Crippen LogP contribution in [-0.2, 0) is 6.42 Å². The Bertz CT molecular complexity index is 1270. The maximum Gasteiger partial charge on any atom is 0.269 e. The van der Waals surface area contributed by atoms with E-state index < -0.39 is 0 Å². The third kappa shape index (κ3) is 2.97. The summed E-state index contributed by atoms with van der Waals surface area (Å²) >= 11 is 1.48. The third-order valence-corrected chi connectivity index (χ3v) is 5.71. The Labute approximate surface area is 165 Å². The summed E-state index contributed by atoms with van der Waals surface area (Å²) < 4.78 is 1.87. The van der Waals surface area contributed by atoms with Crippen molar-refractivity contribution in [2.45, 2.75) is 6.42 Å². The minimum atomic E-state index is -0.0805. The van der Waals surface area contributed by atoms with Crippen LogP contribution in [0.5, 0.6) is 0 Å². The quantitative estimate of drug-likeness (QED) is 0.467. The molecule has 0 unspecified atom stereocenters. The zero-order chi connectivity index (χ0) is 18.9. The van der Waals surface area contributed by atoms with Crippen molar-refractivity contribution in [3.05, 3.63) is 83.6 Å². The van der Waals surface area contributed by atoms with Crippen LogP contribution in [0.4, 0.5) is 0 Å². The molecule has 138 valence electrons. The summed E-state index contributed by atoms with van der Waals surface area (Å²) in [6, 6.07) is 18.2. The molecular formula is C22H18N4OS. The molecule has 0 saturated heterocycles. The number of amides is 1. The van der Waals surface area contributed by atoms with Crippen LogP contribution in [0.2, 0.25) is 0 Å². The zero-order valence-corrected chi connectivity index (χ0v) is 15.9. The molecule has 0 aliphatic heterocycles. The molecule has 0 spiro atoms. The smallest absolute Gasteiger partial charge is 0.269 e. The van der Waals surface area contributed by atoms with Crippen molar-refractivity contribution in [3.8, 4) is 11.3 Å². The number of para-hydroxylation sites is 1. The lowest BCUT2D eigenvalue weighted by molar-refractivity contribution is 0.0948. The van der Waals surface area contributed by atoms with E-state index in [0.717, 1.165) is 28.2 Å². The van der Waals surface area contributed by atoms with Crippen molar-refractivity contribution < 1.29 is 4.79 Å². The highest BCUT2D eigenvalue weighted by Gasteiger charge is 2.15. The number of carbonyl (C=O) groups is 1. The van der Waals surface area contributed by atoms with Gasteiger partial charge >= 0.3 is 0 Å². The Morgan fingerprint density at radius 3 is 2.82 bits per heavy atom. The van der Waals surface area contributed by atoms with E-state index in [1.807, 2.05) is 64.6 Å². The van der Waals surface area contributed by atoms with Crippen molar-refractivity contribution in [1.82, 2.24) is 19.7 Å². The first-order valence-corrected chi connectivity index (χ1v) is 10.0. The molecule has 2 N–H and O–H groups in total. The normalized spacial score (nSPS) is 11.3. The van der Waals surface area contributed by atoms with Gasteiger partial charge in [-0.15, -0.1) is 11.3 Å². The maximum atomic E-state index is 12.7. The average Bonchev–Trinajstić information content (AvgIpc) is 3.43. The highest BCUT2D eigenvalue weighted by Crippen LogP contribution is 2.23. The fourth-order valence-electron chi connectivity index (χ4n) is 3.43. The van der Waals surface area contributed by atoms with Crippen molar-refractivity contribution in [1.29, 1.82) is 0 Å². The van der Waals surface area contributed by atoms with Gasteiger partial charge in [0, 0.05) is 40.8 Å². The predicted octanol–water partition coefficient (Wildman–Crippen LogP) is 4.52. The number of rotatable bonds is 5. The summed E-state index contributed by atoms with van der Waals surface area (Å²) in [5.74, 6) is -0.0805. The lowest BCUT2D eigenvalue weighted by Gasteiger charge is -2.04. The van der Waals surface area contributed by atoms with Crippen molar-refractivity contribution >= 4 is 33.1 Å². The fourth-order valence-corrected chi connectivity index (χ4v) is 4.29. The molecule has 0 aliphatic carbocycles. The van der Waals surface area contributed by atoms with Gasteiger partial charge in [-0.1, -0.05) is 48.5 Å². The summed E-state index contributed by atoms with van der Waals surface area (Å²) in [5, 5.41) is 6.10. The maximum absolute atomic E-state index is 12.7. The van der Waals surface area contributed by atoms with E-state index in [9.17, 15) is 4.79 Å². The van der Waals surface area contributed by atoms with E-state index in [1.54, 1.807) is 0 Å². The van der Waals surface area contributed by atoms with Gasteiger partial charge in [-0.3, -0.25) is 9.20 Å². The monoisotopic (exact) mass is 386 g/mol. The lowest BCUT2D eigenvalue weighted by Crippen LogP contribution is -2.26. The molecule has 5 rings (SSSR count). The number of fused-ring (bicyclic) bond motifs is 2. The number of carbonyl (C=O) groups excluding carboxylic acids is 1. The van der Waals surface area contributed by atoms with Crippen molar-refractivity contribution in [2.24, 2.45) is 0 Å². The van der Waals surface area contributed by atoms with Gasteiger partial charge < -0.3 is 10.3 Å². The predicted molar refractivity (Wildman–Crippen MR) is 113 cm³/mol.